The normalized spacial score (nSPS) is 11.7. The van der Waals surface area contributed by atoms with Crippen LogP contribution in [0, 0.1) is 0 Å². The first-order valence-corrected chi connectivity index (χ1v) is 12.8. The number of nitrogens with zero attached hydrogens (tertiary/aromatic N) is 1. The minimum absolute atomic E-state index is 0. The summed E-state index contributed by atoms with van der Waals surface area (Å²) >= 11 is 6.12. The van der Waals surface area contributed by atoms with Gasteiger partial charge < -0.3 is 18.9 Å². The van der Waals surface area contributed by atoms with E-state index in [0.29, 0.717) is 28.7 Å². The number of benzene rings is 3. The van der Waals surface area contributed by atoms with Crippen LogP contribution in [0.25, 0.3) is 23.1 Å². The van der Waals surface area contributed by atoms with Crippen molar-refractivity contribution in [3.63, 3.8) is 0 Å². The molecule has 1 unspecified atom stereocenters. The Kier molecular flexibility index (Phi) is 11.2. The Labute approximate surface area is 239 Å². The number of rotatable bonds is 11. The Balaban J connectivity index is 0.00000420. The minimum atomic E-state index is -0.467. The molecule has 0 aliphatic carbocycles. The number of hydrogen-bond acceptors (Lipinski definition) is 6. The molecule has 0 bridgehead atoms. The van der Waals surface area contributed by atoms with Crippen LogP contribution in [-0.2, 0) is 9.47 Å². The van der Waals surface area contributed by atoms with Gasteiger partial charge in [-0.15, -0.1) is 12.4 Å². The summed E-state index contributed by atoms with van der Waals surface area (Å²) in [6.45, 7) is 4.68. The summed E-state index contributed by atoms with van der Waals surface area (Å²) in [7, 11) is 1.54. The topological polar surface area (TPSA) is 66.9 Å². The Morgan fingerprint density at radius 2 is 1.79 bits per heavy atom. The molecule has 0 aliphatic rings. The van der Waals surface area contributed by atoms with Crippen LogP contribution >= 0.6 is 24.0 Å². The fraction of sp³-hybridized carbons (Fsp3) is 0.226. The number of hydrogen-bond donors (Lipinski definition) is 0. The molecule has 1 heterocycles. The lowest BCUT2D eigenvalue weighted by Gasteiger charge is -2.20. The summed E-state index contributed by atoms with van der Waals surface area (Å²) in [5, 5.41) is 1.70. The third-order valence-electron chi connectivity index (χ3n) is 5.84. The molecule has 4 rings (SSSR count). The fourth-order valence-corrected chi connectivity index (χ4v) is 4.15. The first kappa shape index (κ1) is 30.0. The van der Waals surface area contributed by atoms with Crippen LogP contribution in [0.1, 0.15) is 47.1 Å². The van der Waals surface area contributed by atoms with Crippen molar-refractivity contribution in [3.8, 4) is 11.5 Å². The molecule has 0 saturated heterocycles. The first-order chi connectivity index (χ1) is 18.5. The van der Waals surface area contributed by atoms with Crippen molar-refractivity contribution >= 4 is 53.0 Å². The number of carbonyl (C=O) groups excluding carboxylic acids is 1. The van der Waals surface area contributed by atoms with Gasteiger partial charge in [0, 0.05) is 17.0 Å². The first-order valence-electron chi connectivity index (χ1n) is 12.4. The van der Waals surface area contributed by atoms with Gasteiger partial charge in [-0.25, -0.2) is 9.78 Å². The highest BCUT2D eigenvalue weighted by atomic mass is 35.5. The summed E-state index contributed by atoms with van der Waals surface area (Å²) in [6, 6.07) is 22.8. The average Bonchev–Trinajstić information content (AvgIpc) is 2.94. The third kappa shape index (κ3) is 7.96. The van der Waals surface area contributed by atoms with Gasteiger partial charge in [0.05, 0.1) is 24.9 Å². The van der Waals surface area contributed by atoms with Crippen molar-refractivity contribution in [3.05, 3.63) is 100 Å². The molecular formula is C31H31Cl2NO5. The van der Waals surface area contributed by atoms with E-state index in [9.17, 15) is 4.79 Å². The van der Waals surface area contributed by atoms with Crippen molar-refractivity contribution in [2.75, 3.05) is 26.9 Å². The zero-order valence-electron chi connectivity index (χ0n) is 22.1. The predicted octanol–water partition coefficient (Wildman–Crippen LogP) is 7.82. The van der Waals surface area contributed by atoms with Gasteiger partial charge in [0.1, 0.15) is 29.8 Å². The molecule has 204 valence electrons. The Morgan fingerprint density at radius 3 is 2.56 bits per heavy atom. The van der Waals surface area contributed by atoms with E-state index in [-0.39, 0.29) is 31.7 Å². The second-order valence-corrected chi connectivity index (χ2v) is 8.85. The Bertz CT molecular complexity index is 1440. The van der Waals surface area contributed by atoms with E-state index >= 15 is 0 Å². The zero-order chi connectivity index (χ0) is 26.9. The summed E-state index contributed by atoms with van der Waals surface area (Å²) in [5.41, 5.74) is 3.95. The highest BCUT2D eigenvalue weighted by Crippen LogP contribution is 2.28. The lowest BCUT2D eigenvalue weighted by Crippen LogP contribution is -2.16. The van der Waals surface area contributed by atoms with Gasteiger partial charge >= 0.3 is 5.97 Å². The summed E-state index contributed by atoms with van der Waals surface area (Å²) in [4.78, 5) is 17.2. The molecule has 4 aromatic rings. The maximum atomic E-state index is 12.5. The standard InChI is InChI=1S/C31H30ClNO5.ClH/c1-4-36-30(20-38-29-16-15-26(35-3)19-27(29)31(34)37-5-2)23-8-6-7-21(17-23)9-13-25-14-11-22-10-12-24(32)18-28(22)33-25;/h6-19,30H,4-5,20H2,1-3H3;1H/b13-9+;. The van der Waals surface area contributed by atoms with Crippen LogP contribution in [0.4, 0.5) is 0 Å². The van der Waals surface area contributed by atoms with E-state index in [0.717, 1.165) is 27.7 Å². The van der Waals surface area contributed by atoms with Crippen LogP contribution < -0.4 is 9.47 Å². The number of ether oxygens (including phenoxy) is 4. The van der Waals surface area contributed by atoms with E-state index in [2.05, 4.69) is 11.1 Å². The maximum Gasteiger partial charge on any atom is 0.342 e. The molecule has 0 aliphatic heterocycles. The summed E-state index contributed by atoms with van der Waals surface area (Å²) < 4.78 is 22.5. The molecule has 3 aromatic carbocycles. The molecular weight excluding hydrogens is 537 g/mol. The second kappa shape index (κ2) is 14.5. The number of esters is 1. The van der Waals surface area contributed by atoms with Crippen molar-refractivity contribution in [1.29, 1.82) is 0 Å². The van der Waals surface area contributed by atoms with Crippen LogP contribution in [0.5, 0.6) is 11.5 Å². The van der Waals surface area contributed by atoms with E-state index in [1.165, 1.54) is 0 Å². The third-order valence-corrected chi connectivity index (χ3v) is 6.08. The molecule has 0 spiro atoms. The zero-order valence-corrected chi connectivity index (χ0v) is 23.6. The van der Waals surface area contributed by atoms with E-state index < -0.39 is 5.97 Å². The lowest BCUT2D eigenvalue weighted by molar-refractivity contribution is 0.0255. The van der Waals surface area contributed by atoms with Gasteiger partial charge in [-0.05, 0) is 73.5 Å². The lowest BCUT2D eigenvalue weighted by atomic mass is 10.1. The molecule has 1 atom stereocenters. The van der Waals surface area contributed by atoms with E-state index in [4.69, 9.17) is 30.5 Å². The average molecular weight is 568 g/mol. The predicted molar refractivity (Wildman–Crippen MR) is 158 cm³/mol. The molecule has 0 radical (unpaired) electrons. The molecule has 39 heavy (non-hydrogen) atoms. The van der Waals surface area contributed by atoms with E-state index in [1.54, 1.807) is 32.2 Å². The molecule has 1 aromatic heterocycles. The number of methoxy groups -OCH3 is 1. The Morgan fingerprint density at radius 1 is 0.974 bits per heavy atom. The number of fused-ring (bicyclic) bond motifs is 1. The molecule has 0 saturated carbocycles. The van der Waals surface area contributed by atoms with Gasteiger partial charge in [-0.1, -0.05) is 48.0 Å². The van der Waals surface area contributed by atoms with Gasteiger partial charge in [0.2, 0.25) is 0 Å². The second-order valence-electron chi connectivity index (χ2n) is 8.41. The largest absolute Gasteiger partial charge is 0.497 e. The van der Waals surface area contributed by atoms with Gasteiger partial charge in [0.15, 0.2) is 0 Å². The maximum absolute atomic E-state index is 12.5. The number of carbonyl (C=O) groups is 1. The van der Waals surface area contributed by atoms with Crippen LogP contribution in [0.3, 0.4) is 0 Å². The van der Waals surface area contributed by atoms with Gasteiger partial charge in [0.25, 0.3) is 0 Å². The smallest absolute Gasteiger partial charge is 0.342 e. The molecule has 6 nitrogen and oxygen atoms in total. The number of pyridine rings is 1. The van der Waals surface area contributed by atoms with Crippen molar-refractivity contribution in [1.82, 2.24) is 4.98 Å². The van der Waals surface area contributed by atoms with Crippen molar-refractivity contribution < 1.29 is 23.7 Å². The van der Waals surface area contributed by atoms with Crippen molar-refractivity contribution in [2.24, 2.45) is 0 Å². The SMILES string of the molecule is CCOC(=O)c1cc(OC)ccc1OCC(OCC)c1cccc(/C=C/c2ccc3ccc(Cl)cc3n2)c1.Cl. The van der Waals surface area contributed by atoms with Gasteiger partial charge in [-0.3, -0.25) is 0 Å². The number of aromatic nitrogens is 1. The highest BCUT2D eigenvalue weighted by molar-refractivity contribution is 6.31. The van der Waals surface area contributed by atoms with Crippen LogP contribution in [0.2, 0.25) is 5.02 Å². The monoisotopic (exact) mass is 567 g/mol. The van der Waals surface area contributed by atoms with Crippen LogP contribution in [0.15, 0.2) is 72.8 Å². The van der Waals surface area contributed by atoms with Gasteiger partial charge in [-0.2, -0.15) is 0 Å². The fourth-order valence-electron chi connectivity index (χ4n) is 3.98. The Hall–Kier alpha value is -3.58. The molecule has 0 N–H and O–H groups in total. The summed E-state index contributed by atoms with van der Waals surface area (Å²) in [6.07, 6.45) is 3.63. The quantitative estimate of drug-likeness (QED) is 0.172. The van der Waals surface area contributed by atoms with Crippen LogP contribution in [-0.4, -0.2) is 37.9 Å². The van der Waals surface area contributed by atoms with Crippen molar-refractivity contribution in [2.45, 2.75) is 20.0 Å². The highest BCUT2D eigenvalue weighted by Gasteiger charge is 2.18. The molecule has 0 fully saturated rings. The molecule has 0 amide bonds. The van der Waals surface area contributed by atoms with E-state index in [1.807, 2.05) is 67.6 Å². The molecule has 8 heteroatoms. The summed E-state index contributed by atoms with van der Waals surface area (Å²) in [5.74, 6) is 0.490. The minimum Gasteiger partial charge on any atom is -0.497 e. The number of halogens is 2.